The zero-order valence-electron chi connectivity index (χ0n) is 8.04. The Balaban J connectivity index is 2.22. The average Bonchev–Trinajstić information content (AvgIpc) is 2.69. The summed E-state index contributed by atoms with van der Waals surface area (Å²) in [5, 5.41) is 16.1. The van der Waals surface area contributed by atoms with E-state index in [4.69, 9.17) is 0 Å². The largest absolute Gasteiger partial charge is 0.363 e. The summed E-state index contributed by atoms with van der Waals surface area (Å²) in [5.74, 6) is 0. The van der Waals surface area contributed by atoms with Crippen LogP contribution in [0, 0.1) is 0 Å². The van der Waals surface area contributed by atoms with Crippen LogP contribution in [0.3, 0.4) is 0 Å². The van der Waals surface area contributed by atoms with Crippen molar-refractivity contribution in [1.82, 2.24) is 20.0 Å². The lowest BCUT2D eigenvalue weighted by Crippen LogP contribution is -2.21. The minimum absolute atomic E-state index is 0.140. The number of nitrogens with one attached hydrogen (secondary N) is 1. The highest BCUT2D eigenvalue weighted by molar-refractivity contribution is 7.15. The lowest BCUT2D eigenvalue weighted by atomic mass is 10.5. The van der Waals surface area contributed by atoms with Crippen molar-refractivity contribution in [1.29, 1.82) is 0 Å². The molecule has 0 spiro atoms. The van der Waals surface area contributed by atoms with Gasteiger partial charge >= 0.3 is 0 Å². The number of nitrogens with zero attached hydrogens (tertiary/aromatic N) is 4. The summed E-state index contributed by atoms with van der Waals surface area (Å²) in [5.41, 5.74) is -0.140. The monoisotopic (exact) mass is 223 g/mol. The van der Waals surface area contributed by atoms with E-state index in [1.54, 1.807) is 19.3 Å². The van der Waals surface area contributed by atoms with Crippen molar-refractivity contribution >= 4 is 16.5 Å². The van der Waals surface area contributed by atoms with Gasteiger partial charge in [-0.25, -0.2) is 4.68 Å². The van der Waals surface area contributed by atoms with Crippen molar-refractivity contribution in [2.24, 2.45) is 0 Å². The third-order valence-corrected chi connectivity index (χ3v) is 2.68. The van der Waals surface area contributed by atoms with E-state index in [0.29, 0.717) is 6.54 Å². The van der Waals surface area contributed by atoms with E-state index in [9.17, 15) is 4.79 Å². The Hall–Kier alpha value is -1.76. The van der Waals surface area contributed by atoms with Gasteiger partial charge in [0.25, 0.3) is 5.56 Å². The van der Waals surface area contributed by atoms with Gasteiger partial charge in [0, 0.05) is 19.3 Å². The molecule has 0 aliphatic heterocycles. The highest BCUT2D eigenvalue weighted by Crippen LogP contribution is 2.14. The molecule has 6 nitrogen and oxygen atoms in total. The second-order valence-corrected chi connectivity index (χ2v) is 3.83. The molecule has 0 unspecified atom stereocenters. The van der Waals surface area contributed by atoms with Crippen molar-refractivity contribution in [2.75, 3.05) is 12.4 Å². The summed E-state index contributed by atoms with van der Waals surface area (Å²) in [4.78, 5) is 11.3. The summed E-state index contributed by atoms with van der Waals surface area (Å²) in [7, 11) is 1.78. The lowest BCUT2D eigenvalue weighted by Gasteiger charge is -1.98. The van der Waals surface area contributed by atoms with Crippen molar-refractivity contribution in [3.63, 3.8) is 0 Å². The number of hydrogen-bond donors (Lipinski definition) is 1. The van der Waals surface area contributed by atoms with Crippen molar-refractivity contribution in [3.05, 3.63) is 33.7 Å². The van der Waals surface area contributed by atoms with E-state index in [0.717, 1.165) is 10.1 Å². The molecule has 1 N–H and O–H groups in total. The van der Waals surface area contributed by atoms with Crippen LogP contribution >= 0.6 is 11.3 Å². The molecule has 15 heavy (non-hydrogen) atoms. The van der Waals surface area contributed by atoms with Crippen molar-refractivity contribution < 1.29 is 0 Å². The molecule has 0 aliphatic rings. The smallest absolute Gasteiger partial charge is 0.267 e. The van der Waals surface area contributed by atoms with Crippen LogP contribution in [0.15, 0.2) is 23.1 Å². The third-order valence-electron chi connectivity index (χ3n) is 1.75. The van der Waals surface area contributed by atoms with E-state index < -0.39 is 0 Å². The first kappa shape index (κ1) is 9.78. The molecule has 2 rings (SSSR count). The van der Waals surface area contributed by atoms with Crippen LogP contribution < -0.4 is 10.9 Å². The molecule has 0 radical (unpaired) electrons. The lowest BCUT2D eigenvalue weighted by molar-refractivity contribution is 0.632. The van der Waals surface area contributed by atoms with Gasteiger partial charge in [0.15, 0.2) is 0 Å². The van der Waals surface area contributed by atoms with Gasteiger partial charge < -0.3 is 5.32 Å². The summed E-state index contributed by atoms with van der Waals surface area (Å²) in [6, 6.07) is 3.07. The molecule has 0 bridgehead atoms. The van der Waals surface area contributed by atoms with Crippen LogP contribution in [0.2, 0.25) is 0 Å². The molecular weight excluding hydrogens is 214 g/mol. The van der Waals surface area contributed by atoms with Gasteiger partial charge in [0.05, 0.1) is 6.54 Å². The predicted octanol–water partition coefficient (Wildman–Crippen LogP) is 0.185. The quantitative estimate of drug-likeness (QED) is 0.803. The van der Waals surface area contributed by atoms with Crippen LogP contribution in [0.5, 0.6) is 0 Å². The summed E-state index contributed by atoms with van der Waals surface area (Å²) < 4.78 is 1.35. The second-order valence-electron chi connectivity index (χ2n) is 2.77. The third kappa shape index (κ3) is 2.18. The first-order chi connectivity index (χ1) is 7.29. The first-order valence-corrected chi connectivity index (χ1v) is 5.13. The molecule has 0 saturated carbocycles. The SMILES string of the molecule is CNc1nnc(Cn2ncccc2=O)s1. The Bertz CT molecular complexity index is 505. The van der Waals surface area contributed by atoms with Crippen molar-refractivity contribution in [2.45, 2.75) is 6.54 Å². The van der Waals surface area contributed by atoms with Gasteiger partial charge in [-0.1, -0.05) is 11.3 Å². The Labute approximate surface area is 89.6 Å². The molecule has 7 heteroatoms. The van der Waals surface area contributed by atoms with Crippen LogP contribution in [0.1, 0.15) is 5.01 Å². The van der Waals surface area contributed by atoms with Crippen LogP contribution in [0.4, 0.5) is 5.13 Å². The first-order valence-electron chi connectivity index (χ1n) is 4.32. The molecule has 0 aromatic carbocycles. The molecule has 0 amide bonds. The van der Waals surface area contributed by atoms with Gasteiger partial charge in [-0.3, -0.25) is 4.79 Å². The zero-order valence-corrected chi connectivity index (χ0v) is 8.86. The van der Waals surface area contributed by atoms with Gasteiger partial charge in [-0.2, -0.15) is 5.10 Å². The highest BCUT2D eigenvalue weighted by atomic mass is 32.1. The van der Waals surface area contributed by atoms with E-state index in [1.165, 1.54) is 22.1 Å². The average molecular weight is 223 g/mol. The van der Waals surface area contributed by atoms with E-state index in [2.05, 4.69) is 20.6 Å². The molecular formula is C8H9N5OS. The molecule has 0 aliphatic carbocycles. The van der Waals surface area contributed by atoms with Gasteiger partial charge in [0.2, 0.25) is 5.13 Å². The minimum Gasteiger partial charge on any atom is -0.363 e. The minimum atomic E-state index is -0.140. The second kappa shape index (κ2) is 4.18. The predicted molar refractivity (Wildman–Crippen MR) is 57.1 cm³/mol. The fraction of sp³-hybridized carbons (Fsp3) is 0.250. The van der Waals surface area contributed by atoms with E-state index in [-0.39, 0.29) is 5.56 Å². The molecule has 2 aromatic heterocycles. The van der Waals surface area contributed by atoms with E-state index >= 15 is 0 Å². The van der Waals surface area contributed by atoms with E-state index in [1.807, 2.05) is 0 Å². The van der Waals surface area contributed by atoms with Gasteiger partial charge in [0.1, 0.15) is 5.01 Å². The fourth-order valence-electron chi connectivity index (χ4n) is 1.05. The van der Waals surface area contributed by atoms with Crippen LogP contribution in [-0.4, -0.2) is 27.0 Å². The molecule has 0 saturated heterocycles. The Kier molecular flexibility index (Phi) is 2.72. The maximum absolute atomic E-state index is 11.3. The number of aromatic nitrogens is 4. The standard InChI is InChI=1S/C8H9N5OS/c1-9-8-12-11-6(15-8)5-13-7(14)3-2-4-10-13/h2-4H,5H2,1H3,(H,9,12). The number of rotatable bonds is 3. The Morgan fingerprint density at radius 3 is 3.07 bits per heavy atom. The van der Waals surface area contributed by atoms with Crippen LogP contribution in [-0.2, 0) is 6.54 Å². The summed E-state index contributed by atoms with van der Waals surface area (Å²) in [6.45, 7) is 0.360. The van der Waals surface area contributed by atoms with Gasteiger partial charge in [-0.15, -0.1) is 10.2 Å². The zero-order chi connectivity index (χ0) is 10.7. The fourth-order valence-corrected chi connectivity index (χ4v) is 1.73. The van der Waals surface area contributed by atoms with Crippen molar-refractivity contribution in [3.8, 4) is 0 Å². The molecule has 78 valence electrons. The summed E-state index contributed by atoms with van der Waals surface area (Å²) in [6.07, 6.45) is 1.57. The molecule has 0 fully saturated rings. The normalized spacial score (nSPS) is 10.2. The number of anilines is 1. The van der Waals surface area contributed by atoms with Gasteiger partial charge in [-0.05, 0) is 6.07 Å². The van der Waals surface area contributed by atoms with Crippen LogP contribution in [0.25, 0.3) is 0 Å². The summed E-state index contributed by atoms with van der Waals surface area (Å²) >= 11 is 1.40. The Morgan fingerprint density at radius 2 is 2.40 bits per heavy atom. The topological polar surface area (TPSA) is 72.7 Å². The maximum Gasteiger partial charge on any atom is 0.267 e. The number of hydrogen-bond acceptors (Lipinski definition) is 6. The highest BCUT2D eigenvalue weighted by Gasteiger charge is 2.04. The molecule has 2 heterocycles. The molecule has 2 aromatic rings. The molecule has 0 atom stereocenters. The maximum atomic E-state index is 11.3. The Morgan fingerprint density at radius 1 is 1.53 bits per heavy atom.